The molecule has 0 bridgehead atoms. The van der Waals surface area contributed by atoms with Gasteiger partial charge >= 0.3 is 6.09 Å². The number of rotatable bonds is 9. The van der Waals surface area contributed by atoms with Crippen LogP contribution in [-0.4, -0.2) is 53.3 Å². The molecule has 1 aliphatic carbocycles. The molecule has 0 unspecified atom stereocenters. The van der Waals surface area contributed by atoms with Crippen LogP contribution in [0.2, 0.25) is 0 Å². The highest BCUT2D eigenvalue weighted by molar-refractivity contribution is 5.97. The second kappa shape index (κ2) is 12.0. The molecule has 2 aromatic carbocycles. The third-order valence-corrected chi connectivity index (χ3v) is 7.04. The van der Waals surface area contributed by atoms with Crippen LogP contribution in [0.5, 0.6) is 11.5 Å². The highest BCUT2D eigenvalue weighted by atomic mass is 19.1. The van der Waals surface area contributed by atoms with E-state index in [1.165, 1.54) is 17.0 Å². The molecule has 4 aromatic rings. The number of anilines is 1. The second-order valence-corrected chi connectivity index (χ2v) is 11.8. The third-order valence-electron chi connectivity index (χ3n) is 7.04. The lowest BCUT2D eigenvalue weighted by molar-refractivity contribution is 0.0569. The van der Waals surface area contributed by atoms with Crippen molar-refractivity contribution in [2.24, 2.45) is 0 Å². The maximum absolute atomic E-state index is 14.1. The fourth-order valence-corrected chi connectivity index (χ4v) is 4.70. The number of nitrogens with zero attached hydrogens (tertiary/aromatic N) is 3. The minimum absolute atomic E-state index is 0.0840. The Morgan fingerprint density at radius 3 is 2.53 bits per heavy atom. The summed E-state index contributed by atoms with van der Waals surface area (Å²) in [5.74, 6) is 0.189. The van der Waals surface area contributed by atoms with Gasteiger partial charge in [0.25, 0.3) is 5.91 Å². The SMILES string of the molecule is COCCN(C(=O)OC(C)(C)C)c1cc(Oc2cc(F)ccc2C)cn2c(-c3ccc(C(=O)NC4CC4)c(C)c3)cnc12. The van der Waals surface area contributed by atoms with Crippen molar-refractivity contribution in [1.82, 2.24) is 14.7 Å². The van der Waals surface area contributed by atoms with E-state index in [4.69, 9.17) is 19.2 Å². The minimum atomic E-state index is -0.739. The molecule has 1 saturated carbocycles. The maximum atomic E-state index is 14.1. The molecule has 0 spiro atoms. The molecule has 2 aromatic heterocycles. The van der Waals surface area contributed by atoms with Gasteiger partial charge in [0.1, 0.15) is 22.9 Å². The molecule has 0 radical (unpaired) electrons. The predicted octanol–water partition coefficient (Wildman–Crippen LogP) is 6.83. The van der Waals surface area contributed by atoms with E-state index in [0.717, 1.165) is 29.5 Å². The third kappa shape index (κ3) is 6.97. The first-order valence-electron chi connectivity index (χ1n) is 14.3. The second-order valence-electron chi connectivity index (χ2n) is 11.8. The molecule has 5 rings (SSSR count). The molecule has 226 valence electrons. The molecule has 2 amide bonds. The van der Waals surface area contributed by atoms with Gasteiger partial charge in [-0.1, -0.05) is 12.1 Å². The summed E-state index contributed by atoms with van der Waals surface area (Å²) in [6.07, 6.45) is 4.90. The molecule has 1 fully saturated rings. The highest BCUT2D eigenvalue weighted by Gasteiger charge is 2.28. The Labute approximate surface area is 250 Å². The summed E-state index contributed by atoms with van der Waals surface area (Å²) < 4.78 is 33.2. The Morgan fingerprint density at radius 2 is 1.86 bits per heavy atom. The summed E-state index contributed by atoms with van der Waals surface area (Å²) in [6.45, 7) is 9.55. The van der Waals surface area contributed by atoms with Gasteiger partial charge in [-0.15, -0.1) is 0 Å². The van der Waals surface area contributed by atoms with Crippen molar-refractivity contribution in [3.05, 3.63) is 77.4 Å². The van der Waals surface area contributed by atoms with Gasteiger partial charge in [-0.05, 0) is 76.8 Å². The monoisotopic (exact) mass is 588 g/mol. The van der Waals surface area contributed by atoms with Crippen LogP contribution in [0.4, 0.5) is 14.9 Å². The van der Waals surface area contributed by atoms with Crippen LogP contribution in [0.3, 0.4) is 0 Å². The van der Waals surface area contributed by atoms with Gasteiger partial charge in [-0.2, -0.15) is 0 Å². The number of amides is 2. The number of methoxy groups -OCH3 is 1. The summed E-state index contributed by atoms with van der Waals surface area (Å²) in [7, 11) is 1.56. The predicted molar refractivity (Wildman–Crippen MR) is 163 cm³/mol. The first-order valence-corrected chi connectivity index (χ1v) is 14.3. The van der Waals surface area contributed by atoms with E-state index in [1.54, 1.807) is 52.4 Å². The average molecular weight is 589 g/mol. The van der Waals surface area contributed by atoms with Gasteiger partial charge in [0.2, 0.25) is 0 Å². The Kier molecular flexibility index (Phi) is 8.41. The van der Waals surface area contributed by atoms with Gasteiger partial charge in [0, 0.05) is 36.4 Å². The van der Waals surface area contributed by atoms with Crippen LogP contribution in [0, 0.1) is 19.7 Å². The number of ether oxygens (including phenoxy) is 3. The lowest BCUT2D eigenvalue weighted by atomic mass is 10.0. The number of carbonyl (C=O) groups is 2. The summed E-state index contributed by atoms with van der Waals surface area (Å²) in [5.41, 5.74) is 3.89. The number of nitrogens with one attached hydrogen (secondary N) is 1. The van der Waals surface area contributed by atoms with Crippen LogP contribution in [0.15, 0.2) is 54.9 Å². The van der Waals surface area contributed by atoms with Gasteiger partial charge in [0.15, 0.2) is 5.65 Å². The molecule has 1 N–H and O–H groups in total. The van der Waals surface area contributed by atoms with Crippen LogP contribution in [0.25, 0.3) is 16.9 Å². The lowest BCUT2D eigenvalue weighted by Crippen LogP contribution is -2.39. The average Bonchev–Trinajstić information content (AvgIpc) is 3.64. The number of pyridine rings is 1. The van der Waals surface area contributed by atoms with Gasteiger partial charge in [-0.3, -0.25) is 14.1 Å². The zero-order chi connectivity index (χ0) is 30.9. The van der Waals surface area contributed by atoms with Crippen molar-refractivity contribution in [3.63, 3.8) is 0 Å². The topological polar surface area (TPSA) is 94.4 Å². The zero-order valence-corrected chi connectivity index (χ0v) is 25.4. The highest BCUT2D eigenvalue weighted by Crippen LogP contribution is 2.35. The number of halogens is 1. The van der Waals surface area contributed by atoms with Gasteiger partial charge in [0.05, 0.1) is 36.9 Å². The van der Waals surface area contributed by atoms with Crippen LogP contribution < -0.4 is 15.0 Å². The fourth-order valence-electron chi connectivity index (χ4n) is 4.70. The Balaban J connectivity index is 1.63. The summed E-state index contributed by atoms with van der Waals surface area (Å²) in [5, 5.41) is 3.04. The number of fused-ring (bicyclic) bond motifs is 1. The molecule has 2 heterocycles. The number of imidazole rings is 1. The zero-order valence-electron chi connectivity index (χ0n) is 25.4. The largest absolute Gasteiger partial charge is 0.455 e. The van der Waals surface area contributed by atoms with Crippen molar-refractivity contribution < 1.29 is 28.2 Å². The standard InChI is InChI=1S/C33H37FN4O5/c1-20-7-9-23(34)16-29(20)42-25-17-27(37(13-14-41-6)32(40)43-33(3,4)5)30-35-18-28(38(30)19-25)22-8-12-26(21(2)15-22)31(39)36-24-10-11-24/h7-9,12,15-19,24H,10-11,13-14H2,1-6H3,(H,36,39). The molecule has 1 aliphatic rings. The molecular weight excluding hydrogens is 551 g/mol. The molecule has 43 heavy (non-hydrogen) atoms. The maximum Gasteiger partial charge on any atom is 0.415 e. The van der Waals surface area contributed by atoms with E-state index < -0.39 is 17.5 Å². The molecular formula is C33H37FN4O5. The number of carbonyl (C=O) groups excluding carboxylic acids is 2. The fraction of sp³-hybridized carbons (Fsp3) is 0.364. The van der Waals surface area contributed by atoms with Crippen molar-refractivity contribution >= 4 is 23.3 Å². The van der Waals surface area contributed by atoms with E-state index >= 15 is 0 Å². The smallest absolute Gasteiger partial charge is 0.415 e. The van der Waals surface area contributed by atoms with Crippen LogP contribution in [0.1, 0.15) is 55.1 Å². The lowest BCUT2D eigenvalue weighted by Gasteiger charge is -2.28. The number of aryl methyl sites for hydroxylation is 2. The van der Waals surface area contributed by atoms with E-state index in [-0.39, 0.29) is 25.1 Å². The van der Waals surface area contributed by atoms with Crippen molar-refractivity contribution in [3.8, 4) is 22.8 Å². The Bertz CT molecular complexity index is 1670. The number of hydrogen-bond donors (Lipinski definition) is 1. The first-order chi connectivity index (χ1) is 20.4. The summed E-state index contributed by atoms with van der Waals surface area (Å²) in [6, 6.07) is 11.9. The number of aromatic nitrogens is 2. The normalized spacial score (nSPS) is 13.2. The van der Waals surface area contributed by atoms with E-state index in [1.807, 2.05) is 36.4 Å². The van der Waals surface area contributed by atoms with Crippen LogP contribution in [-0.2, 0) is 9.47 Å². The molecule has 0 aliphatic heterocycles. The molecule has 10 heteroatoms. The summed E-state index contributed by atoms with van der Waals surface area (Å²) in [4.78, 5) is 32.4. The summed E-state index contributed by atoms with van der Waals surface area (Å²) >= 11 is 0. The molecule has 0 atom stereocenters. The first kappa shape index (κ1) is 30.0. The van der Waals surface area contributed by atoms with Crippen molar-refractivity contribution in [2.45, 2.75) is 59.1 Å². The van der Waals surface area contributed by atoms with E-state index in [0.29, 0.717) is 34.1 Å². The quantitative estimate of drug-likeness (QED) is 0.230. The van der Waals surface area contributed by atoms with E-state index in [9.17, 15) is 14.0 Å². The van der Waals surface area contributed by atoms with Crippen LogP contribution >= 0.6 is 0 Å². The minimum Gasteiger partial charge on any atom is -0.455 e. The van der Waals surface area contributed by atoms with Gasteiger partial charge < -0.3 is 19.5 Å². The van der Waals surface area contributed by atoms with Crippen molar-refractivity contribution in [1.29, 1.82) is 0 Å². The van der Waals surface area contributed by atoms with Gasteiger partial charge in [-0.25, -0.2) is 14.2 Å². The van der Waals surface area contributed by atoms with E-state index in [2.05, 4.69) is 5.32 Å². The van der Waals surface area contributed by atoms with Crippen molar-refractivity contribution in [2.75, 3.05) is 25.2 Å². The Hall–Kier alpha value is -4.44. The Morgan fingerprint density at radius 1 is 1.09 bits per heavy atom. The number of benzene rings is 2. The molecule has 9 nitrogen and oxygen atoms in total. The number of hydrogen-bond acceptors (Lipinski definition) is 6. The molecule has 0 saturated heterocycles.